The predicted molar refractivity (Wildman–Crippen MR) is 89.1 cm³/mol. The van der Waals surface area contributed by atoms with E-state index in [9.17, 15) is 4.39 Å². The van der Waals surface area contributed by atoms with Crippen LogP contribution in [0.5, 0.6) is 5.75 Å². The second-order valence-electron chi connectivity index (χ2n) is 6.09. The number of hydrogen-bond donors (Lipinski definition) is 0. The molecule has 0 aliphatic carbocycles. The SMILES string of the molecule is Fc1ccc(C23CC(c4ccccc4O2)N2CCSC2=N3)cc1. The fourth-order valence-corrected chi connectivity index (χ4v) is 4.76. The van der Waals surface area contributed by atoms with Crippen LogP contribution in [0.4, 0.5) is 4.39 Å². The van der Waals surface area contributed by atoms with Gasteiger partial charge in [-0.1, -0.05) is 42.1 Å². The molecule has 5 rings (SSSR count). The maximum Gasteiger partial charge on any atom is 0.231 e. The lowest BCUT2D eigenvalue weighted by atomic mass is 9.86. The molecule has 3 aliphatic heterocycles. The number of hydrogen-bond acceptors (Lipinski definition) is 4. The molecule has 0 aromatic heterocycles. The summed E-state index contributed by atoms with van der Waals surface area (Å²) in [4.78, 5) is 7.34. The maximum absolute atomic E-state index is 13.3. The second-order valence-corrected chi connectivity index (χ2v) is 7.15. The number of aliphatic imine (C=N–C) groups is 1. The predicted octanol–water partition coefficient (Wildman–Crippen LogP) is 3.92. The molecule has 0 N–H and O–H groups in total. The van der Waals surface area contributed by atoms with Crippen molar-refractivity contribution in [2.75, 3.05) is 12.3 Å². The van der Waals surface area contributed by atoms with Crippen molar-refractivity contribution in [1.82, 2.24) is 4.90 Å². The van der Waals surface area contributed by atoms with Gasteiger partial charge in [-0.15, -0.1) is 0 Å². The van der Waals surface area contributed by atoms with Crippen LogP contribution >= 0.6 is 11.8 Å². The Morgan fingerprint density at radius 3 is 2.87 bits per heavy atom. The highest BCUT2D eigenvalue weighted by Gasteiger charge is 2.50. The largest absolute Gasteiger partial charge is 0.461 e. The first-order valence-corrected chi connectivity index (χ1v) is 8.77. The van der Waals surface area contributed by atoms with Gasteiger partial charge in [0.05, 0.1) is 6.04 Å². The summed E-state index contributed by atoms with van der Waals surface area (Å²) in [6.45, 7) is 1.02. The lowest BCUT2D eigenvalue weighted by molar-refractivity contribution is 0.00723. The minimum Gasteiger partial charge on any atom is -0.461 e. The molecule has 116 valence electrons. The molecule has 3 nitrogen and oxygen atoms in total. The van der Waals surface area contributed by atoms with Crippen LogP contribution in [0, 0.1) is 5.82 Å². The number of nitrogens with zero attached hydrogens (tertiary/aromatic N) is 2. The quantitative estimate of drug-likeness (QED) is 0.794. The Morgan fingerprint density at radius 2 is 2.00 bits per heavy atom. The molecule has 3 heterocycles. The summed E-state index contributed by atoms with van der Waals surface area (Å²) in [5.74, 6) is 1.70. The smallest absolute Gasteiger partial charge is 0.231 e. The number of para-hydroxylation sites is 1. The normalized spacial score (nSPS) is 27.8. The van der Waals surface area contributed by atoms with Crippen molar-refractivity contribution in [1.29, 1.82) is 0 Å². The molecular formula is C18H15FN2OS. The number of halogens is 1. The number of rotatable bonds is 1. The maximum atomic E-state index is 13.3. The highest BCUT2D eigenvalue weighted by molar-refractivity contribution is 8.14. The van der Waals surface area contributed by atoms with E-state index in [1.165, 1.54) is 17.7 Å². The molecule has 1 fully saturated rings. The van der Waals surface area contributed by atoms with Gasteiger partial charge in [-0.05, 0) is 18.2 Å². The molecule has 0 spiro atoms. The van der Waals surface area contributed by atoms with Crippen LogP contribution in [0.3, 0.4) is 0 Å². The van der Waals surface area contributed by atoms with Crippen molar-refractivity contribution in [2.45, 2.75) is 18.2 Å². The van der Waals surface area contributed by atoms with Gasteiger partial charge >= 0.3 is 0 Å². The third kappa shape index (κ3) is 1.92. The Labute approximate surface area is 138 Å². The number of benzene rings is 2. The van der Waals surface area contributed by atoms with Gasteiger partial charge in [0.2, 0.25) is 5.72 Å². The molecule has 0 amide bonds. The van der Waals surface area contributed by atoms with E-state index >= 15 is 0 Å². The number of amidine groups is 1. The Kier molecular flexibility index (Phi) is 2.77. The van der Waals surface area contributed by atoms with E-state index in [1.54, 1.807) is 23.9 Å². The molecule has 2 bridgehead atoms. The topological polar surface area (TPSA) is 24.8 Å². The summed E-state index contributed by atoms with van der Waals surface area (Å²) in [5.41, 5.74) is 1.40. The van der Waals surface area contributed by atoms with Gasteiger partial charge in [0.1, 0.15) is 11.6 Å². The Bertz CT molecular complexity index is 807. The van der Waals surface area contributed by atoms with E-state index in [0.29, 0.717) is 0 Å². The zero-order valence-corrected chi connectivity index (χ0v) is 13.2. The van der Waals surface area contributed by atoms with Crippen molar-refractivity contribution in [3.8, 4) is 5.75 Å². The van der Waals surface area contributed by atoms with Crippen LogP contribution in [0.1, 0.15) is 23.6 Å². The third-order valence-electron chi connectivity index (χ3n) is 4.78. The van der Waals surface area contributed by atoms with Gasteiger partial charge in [-0.3, -0.25) is 0 Å². The van der Waals surface area contributed by atoms with Gasteiger partial charge in [0.15, 0.2) is 5.17 Å². The molecular weight excluding hydrogens is 311 g/mol. The van der Waals surface area contributed by atoms with E-state index in [2.05, 4.69) is 17.0 Å². The van der Waals surface area contributed by atoms with Crippen LogP contribution in [0.15, 0.2) is 53.5 Å². The summed E-state index contributed by atoms with van der Waals surface area (Å²) in [6, 6.07) is 15.0. The molecule has 23 heavy (non-hydrogen) atoms. The van der Waals surface area contributed by atoms with Gasteiger partial charge in [0, 0.05) is 29.8 Å². The van der Waals surface area contributed by atoms with E-state index in [4.69, 9.17) is 9.73 Å². The average Bonchev–Trinajstić information content (AvgIpc) is 3.03. The molecule has 0 saturated carbocycles. The summed E-state index contributed by atoms with van der Waals surface area (Å²) >= 11 is 1.78. The van der Waals surface area contributed by atoms with Crippen molar-refractivity contribution in [3.05, 3.63) is 65.5 Å². The van der Waals surface area contributed by atoms with Crippen molar-refractivity contribution in [3.63, 3.8) is 0 Å². The third-order valence-corrected chi connectivity index (χ3v) is 5.75. The van der Waals surface area contributed by atoms with Crippen LogP contribution in [-0.4, -0.2) is 22.4 Å². The molecule has 1 saturated heterocycles. The van der Waals surface area contributed by atoms with Crippen LogP contribution in [0.25, 0.3) is 0 Å². The number of ether oxygens (including phenoxy) is 1. The number of fused-ring (bicyclic) bond motifs is 6. The van der Waals surface area contributed by atoms with E-state index < -0.39 is 5.72 Å². The molecule has 2 aromatic carbocycles. The van der Waals surface area contributed by atoms with E-state index in [1.807, 2.05) is 12.1 Å². The highest BCUT2D eigenvalue weighted by atomic mass is 32.2. The lowest BCUT2D eigenvalue weighted by Gasteiger charge is -2.47. The first-order chi connectivity index (χ1) is 11.3. The van der Waals surface area contributed by atoms with Crippen LogP contribution in [-0.2, 0) is 5.72 Å². The van der Waals surface area contributed by atoms with E-state index in [0.717, 1.165) is 35.2 Å². The number of thioether (sulfide) groups is 1. The minimum atomic E-state index is -0.740. The van der Waals surface area contributed by atoms with Crippen molar-refractivity contribution in [2.24, 2.45) is 4.99 Å². The zero-order chi connectivity index (χ0) is 15.4. The Balaban J connectivity index is 1.71. The Hall–Kier alpha value is -2.01. The fraction of sp³-hybridized carbons (Fsp3) is 0.278. The summed E-state index contributed by atoms with van der Waals surface area (Å²) < 4.78 is 19.7. The first-order valence-electron chi connectivity index (χ1n) is 7.78. The van der Waals surface area contributed by atoms with E-state index in [-0.39, 0.29) is 11.9 Å². The summed E-state index contributed by atoms with van der Waals surface area (Å²) in [7, 11) is 0. The molecule has 2 aromatic rings. The van der Waals surface area contributed by atoms with Crippen LogP contribution < -0.4 is 4.74 Å². The van der Waals surface area contributed by atoms with Crippen molar-refractivity contribution >= 4 is 16.9 Å². The second kappa shape index (κ2) is 4.74. The average molecular weight is 326 g/mol. The summed E-state index contributed by atoms with van der Waals surface area (Å²) in [5, 5.41) is 1.04. The van der Waals surface area contributed by atoms with Crippen LogP contribution in [0.2, 0.25) is 0 Å². The molecule has 2 unspecified atom stereocenters. The summed E-state index contributed by atoms with van der Waals surface area (Å²) in [6.07, 6.45) is 0.764. The molecule has 3 aliphatic rings. The minimum absolute atomic E-state index is 0.238. The van der Waals surface area contributed by atoms with Gasteiger partial charge < -0.3 is 9.64 Å². The monoisotopic (exact) mass is 326 g/mol. The molecule has 2 atom stereocenters. The standard InChI is InChI=1S/C18H15FN2OS/c19-13-7-5-12(6-8-13)18-11-15(21-9-10-23-17(21)20-18)14-3-1-2-4-16(14)22-18/h1-8,15H,9-11H2. The molecule has 5 heteroatoms. The molecule has 0 radical (unpaired) electrons. The Morgan fingerprint density at radius 1 is 1.17 bits per heavy atom. The fourth-order valence-electron chi connectivity index (χ4n) is 3.70. The first kappa shape index (κ1) is 13.4. The van der Waals surface area contributed by atoms with Crippen molar-refractivity contribution < 1.29 is 9.13 Å². The van der Waals surface area contributed by atoms with Gasteiger partial charge in [0.25, 0.3) is 0 Å². The van der Waals surface area contributed by atoms with Gasteiger partial charge in [-0.2, -0.15) is 0 Å². The lowest BCUT2D eigenvalue weighted by Crippen LogP contribution is -2.48. The highest BCUT2D eigenvalue weighted by Crippen LogP contribution is 2.52. The zero-order valence-electron chi connectivity index (χ0n) is 12.4. The van der Waals surface area contributed by atoms with Gasteiger partial charge in [-0.25, -0.2) is 9.38 Å².